The molecule has 1 rings (SSSR count). The van der Waals surface area contributed by atoms with Crippen molar-refractivity contribution >= 4 is 11.9 Å². The van der Waals surface area contributed by atoms with Crippen LogP contribution in [0.3, 0.4) is 0 Å². The first-order valence-electron chi connectivity index (χ1n) is 5.80. The third kappa shape index (κ3) is 4.82. The first-order valence-corrected chi connectivity index (χ1v) is 5.80. The van der Waals surface area contributed by atoms with E-state index in [2.05, 4.69) is 11.9 Å². The number of carboxylic acid groups (broad SMARTS) is 1. The maximum Gasteiger partial charge on any atom is 0.326 e. The van der Waals surface area contributed by atoms with Gasteiger partial charge in [0.25, 0.3) is 0 Å². The number of nitrogens with one attached hydrogen (secondary N) is 1. The Morgan fingerprint density at radius 2 is 2.00 bits per heavy atom. The first kappa shape index (κ1) is 14.0. The lowest BCUT2D eigenvalue weighted by Gasteiger charge is -2.13. The first-order chi connectivity index (χ1) is 8.63. The number of allylic oxidation sites excluding steroid dienone is 1. The van der Waals surface area contributed by atoms with Crippen molar-refractivity contribution in [2.24, 2.45) is 0 Å². The van der Waals surface area contributed by atoms with Crippen molar-refractivity contribution < 1.29 is 14.7 Å². The van der Waals surface area contributed by atoms with Gasteiger partial charge in [0.1, 0.15) is 6.04 Å². The third-order valence-corrected chi connectivity index (χ3v) is 2.50. The van der Waals surface area contributed by atoms with Gasteiger partial charge >= 0.3 is 5.97 Å². The van der Waals surface area contributed by atoms with Crippen molar-refractivity contribution in [3.8, 4) is 0 Å². The number of rotatable bonds is 7. The highest BCUT2D eigenvalue weighted by molar-refractivity contribution is 5.84. The van der Waals surface area contributed by atoms with Gasteiger partial charge in [-0.3, -0.25) is 4.79 Å². The van der Waals surface area contributed by atoms with Crippen LogP contribution < -0.4 is 5.32 Å². The maximum atomic E-state index is 11.7. The van der Waals surface area contributed by atoms with E-state index in [0.29, 0.717) is 12.8 Å². The Balaban J connectivity index is 2.51. The van der Waals surface area contributed by atoms with Gasteiger partial charge in [-0.15, -0.1) is 6.58 Å². The summed E-state index contributed by atoms with van der Waals surface area (Å²) in [6, 6.07) is 8.37. The number of benzene rings is 1. The zero-order valence-electron chi connectivity index (χ0n) is 10.1. The highest BCUT2D eigenvalue weighted by atomic mass is 16.4. The summed E-state index contributed by atoms with van der Waals surface area (Å²) in [7, 11) is 0. The molecule has 0 aliphatic carbocycles. The van der Waals surface area contributed by atoms with E-state index < -0.39 is 12.0 Å². The summed E-state index contributed by atoms with van der Waals surface area (Å²) in [6.45, 7) is 3.53. The molecule has 4 heteroatoms. The van der Waals surface area contributed by atoms with E-state index in [0.717, 1.165) is 5.56 Å². The standard InChI is InChI=1S/C14H17NO3/c1-2-3-9-12(14(17)18)15-13(16)10-11-7-5-4-6-8-11/h2,4-8,12H,1,3,9-10H2,(H,15,16)(H,17,18)/t12-/m1/s1. The van der Waals surface area contributed by atoms with Crippen molar-refractivity contribution in [2.45, 2.75) is 25.3 Å². The van der Waals surface area contributed by atoms with Crippen LogP contribution in [-0.2, 0) is 16.0 Å². The summed E-state index contributed by atoms with van der Waals surface area (Å²) < 4.78 is 0. The van der Waals surface area contributed by atoms with Crippen LogP contribution in [0, 0.1) is 0 Å². The minimum absolute atomic E-state index is 0.193. The second-order valence-electron chi connectivity index (χ2n) is 3.99. The van der Waals surface area contributed by atoms with Gasteiger partial charge in [-0.1, -0.05) is 36.4 Å². The summed E-state index contributed by atoms with van der Waals surface area (Å²) in [6.07, 6.45) is 2.75. The van der Waals surface area contributed by atoms with Gasteiger partial charge in [0, 0.05) is 0 Å². The summed E-state index contributed by atoms with van der Waals surface area (Å²) in [5.74, 6) is -1.30. The molecule has 0 aliphatic rings. The predicted octanol–water partition coefficient (Wildman–Crippen LogP) is 1.76. The Labute approximate surface area is 106 Å². The lowest BCUT2D eigenvalue weighted by Crippen LogP contribution is -2.41. The van der Waals surface area contributed by atoms with Crippen molar-refractivity contribution in [1.29, 1.82) is 0 Å². The molecule has 18 heavy (non-hydrogen) atoms. The molecule has 96 valence electrons. The normalized spacial score (nSPS) is 11.6. The van der Waals surface area contributed by atoms with Crippen LogP contribution in [-0.4, -0.2) is 23.0 Å². The molecule has 0 heterocycles. The molecule has 0 bridgehead atoms. The highest BCUT2D eigenvalue weighted by Gasteiger charge is 2.18. The van der Waals surface area contributed by atoms with Gasteiger partial charge in [0.2, 0.25) is 5.91 Å². The number of carboxylic acids is 1. The fourth-order valence-corrected chi connectivity index (χ4v) is 1.57. The lowest BCUT2D eigenvalue weighted by molar-refractivity contribution is -0.141. The minimum atomic E-state index is -1.02. The van der Waals surface area contributed by atoms with Crippen LogP contribution in [0.1, 0.15) is 18.4 Å². The third-order valence-electron chi connectivity index (χ3n) is 2.50. The molecule has 0 fully saturated rings. The Kier molecular flexibility index (Phi) is 5.64. The average Bonchev–Trinajstić information content (AvgIpc) is 2.35. The SMILES string of the molecule is C=CCC[C@@H](NC(=O)Cc1ccccc1)C(=O)O. The van der Waals surface area contributed by atoms with Crippen LogP contribution in [0.15, 0.2) is 43.0 Å². The van der Waals surface area contributed by atoms with E-state index in [-0.39, 0.29) is 12.3 Å². The van der Waals surface area contributed by atoms with Crippen LogP contribution in [0.4, 0.5) is 0 Å². The monoisotopic (exact) mass is 247 g/mol. The molecule has 1 aromatic rings. The lowest BCUT2D eigenvalue weighted by atomic mass is 10.1. The van der Waals surface area contributed by atoms with Crippen LogP contribution in [0.5, 0.6) is 0 Å². The van der Waals surface area contributed by atoms with Crippen molar-refractivity contribution in [2.75, 3.05) is 0 Å². The number of hydrogen-bond acceptors (Lipinski definition) is 2. The smallest absolute Gasteiger partial charge is 0.326 e. The average molecular weight is 247 g/mol. The van der Waals surface area contributed by atoms with Gasteiger partial charge in [0.15, 0.2) is 0 Å². The number of hydrogen-bond donors (Lipinski definition) is 2. The molecule has 4 nitrogen and oxygen atoms in total. The number of amides is 1. The molecule has 0 aliphatic heterocycles. The van der Waals surface area contributed by atoms with E-state index >= 15 is 0 Å². The van der Waals surface area contributed by atoms with Crippen molar-refractivity contribution in [3.05, 3.63) is 48.6 Å². The van der Waals surface area contributed by atoms with Gasteiger partial charge in [-0.25, -0.2) is 4.79 Å². The Hall–Kier alpha value is -2.10. The molecule has 0 saturated heterocycles. The maximum absolute atomic E-state index is 11.7. The number of carbonyl (C=O) groups excluding carboxylic acids is 1. The van der Waals surface area contributed by atoms with E-state index in [1.54, 1.807) is 6.08 Å². The predicted molar refractivity (Wildman–Crippen MR) is 69.1 cm³/mol. The molecule has 0 radical (unpaired) electrons. The Morgan fingerprint density at radius 3 is 2.56 bits per heavy atom. The van der Waals surface area contributed by atoms with E-state index in [9.17, 15) is 9.59 Å². The molecule has 1 atom stereocenters. The van der Waals surface area contributed by atoms with Gasteiger partial charge in [0.05, 0.1) is 6.42 Å². The van der Waals surface area contributed by atoms with Crippen LogP contribution in [0.25, 0.3) is 0 Å². The molecular formula is C14H17NO3. The molecule has 0 aromatic heterocycles. The van der Waals surface area contributed by atoms with E-state index in [4.69, 9.17) is 5.11 Å². The van der Waals surface area contributed by atoms with Crippen LogP contribution >= 0.6 is 0 Å². The van der Waals surface area contributed by atoms with Gasteiger partial charge < -0.3 is 10.4 Å². The van der Waals surface area contributed by atoms with Gasteiger partial charge in [-0.05, 0) is 18.4 Å². The molecule has 0 unspecified atom stereocenters. The molecule has 0 spiro atoms. The van der Waals surface area contributed by atoms with Gasteiger partial charge in [-0.2, -0.15) is 0 Å². The molecule has 1 aromatic carbocycles. The van der Waals surface area contributed by atoms with E-state index in [1.165, 1.54) is 0 Å². The quantitative estimate of drug-likeness (QED) is 0.721. The van der Waals surface area contributed by atoms with Crippen LogP contribution in [0.2, 0.25) is 0 Å². The molecule has 0 saturated carbocycles. The summed E-state index contributed by atoms with van der Waals surface area (Å²) in [5.41, 5.74) is 0.864. The zero-order valence-corrected chi connectivity index (χ0v) is 10.1. The Bertz CT molecular complexity index is 414. The molecule has 2 N–H and O–H groups in total. The fourth-order valence-electron chi connectivity index (χ4n) is 1.57. The fraction of sp³-hybridized carbons (Fsp3) is 0.286. The highest BCUT2D eigenvalue weighted by Crippen LogP contribution is 2.02. The summed E-state index contributed by atoms with van der Waals surface area (Å²) >= 11 is 0. The summed E-state index contributed by atoms with van der Waals surface area (Å²) in [4.78, 5) is 22.6. The molecule has 1 amide bonds. The number of aliphatic carboxylic acids is 1. The zero-order chi connectivity index (χ0) is 13.4. The van der Waals surface area contributed by atoms with Crippen molar-refractivity contribution in [3.63, 3.8) is 0 Å². The molecular weight excluding hydrogens is 230 g/mol. The number of carbonyl (C=O) groups is 2. The topological polar surface area (TPSA) is 66.4 Å². The minimum Gasteiger partial charge on any atom is -0.480 e. The van der Waals surface area contributed by atoms with E-state index in [1.807, 2.05) is 30.3 Å². The largest absolute Gasteiger partial charge is 0.480 e. The van der Waals surface area contributed by atoms with Crippen molar-refractivity contribution in [1.82, 2.24) is 5.32 Å². The second kappa shape index (κ2) is 7.27. The summed E-state index contributed by atoms with van der Waals surface area (Å²) in [5, 5.41) is 11.5. The Morgan fingerprint density at radius 1 is 1.33 bits per heavy atom. The second-order valence-corrected chi connectivity index (χ2v) is 3.99.